The van der Waals surface area contributed by atoms with E-state index in [1.807, 2.05) is 32.0 Å². The van der Waals surface area contributed by atoms with E-state index in [4.69, 9.17) is 0 Å². The highest BCUT2D eigenvalue weighted by molar-refractivity contribution is 5.93. The van der Waals surface area contributed by atoms with Crippen molar-refractivity contribution < 1.29 is 9.72 Å². The third-order valence-electron chi connectivity index (χ3n) is 5.73. The van der Waals surface area contributed by atoms with Crippen LogP contribution in [0.15, 0.2) is 36.4 Å². The van der Waals surface area contributed by atoms with E-state index in [1.54, 1.807) is 17.7 Å². The van der Waals surface area contributed by atoms with Crippen molar-refractivity contribution in [3.63, 3.8) is 0 Å². The number of non-ortho nitro benzene ring substituents is 1. The van der Waals surface area contributed by atoms with E-state index >= 15 is 0 Å². The number of hydrogen-bond acceptors (Lipinski definition) is 7. The molecule has 1 fully saturated rings. The van der Waals surface area contributed by atoms with E-state index in [0.717, 1.165) is 17.2 Å². The van der Waals surface area contributed by atoms with Crippen molar-refractivity contribution in [3.8, 4) is 5.82 Å². The van der Waals surface area contributed by atoms with Crippen molar-refractivity contribution >= 4 is 23.1 Å². The second kappa shape index (κ2) is 8.74. The van der Waals surface area contributed by atoms with Crippen LogP contribution in [0.4, 0.5) is 17.2 Å². The molecule has 32 heavy (non-hydrogen) atoms. The van der Waals surface area contributed by atoms with Crippen molar-refractivity contribution in [2.45, 2.75) is 33.6 Å². The Hall–Kier alpha value is -3.82. The zero-order chi connectivity index (χ0) is 22.8. The van der Waals surface area contributed by atoms with Gasteiger partial charge in [-0.2, -0.15) is 5.10 Å². The lowest BCUT2D eigenvalue weighted by atomic mass is 9.95. The number of anilines is 2. The lowest BCUT2D eigenvalue weighted by molar-refractivity contribution is -0.384. The number of benzene rings is 1. The zero-order valence-corrected chi connectivity index (χ0v) is 18.3. The number of nitro groups is 1. The Kier molecular flexibility index (Phi) is 5.85. The maximum absolute atomic E-state index is 12.7. The minimum Gasteiger partial charge on any atom is -0.355 e. The van der Waals surface area contributed by atoms with Crippen molar-refractivity contribution in [2.75, 3.05) is 23.3 Å². The first-order valence-corrected chi connectivity index (χ1v) is 10.5. The number of nitro benzene ring substituents is 1. The van der Waals surface area contributed by atoms with Crippen LogP contribution in [0.1, 0.15) is 29.8 Å². The summed E-state index contributed by atoms with van der Waals surface area (Å²) < 4.78 is 1.77. The normalized spacial score (nSPS) is 14.4. The average Bonchev–Trinajstić information content (AvgIpc) is 3.13. The first-order chi connectivity index (χ1) is 15.3. The van der Waals surface area contributed by atoms with Crippen LogP contribution in [0, 0.1) is 36.8 Å². The Morgan fingerprint density at radius 3 is 2.31 bits per heavy atom. The zero-order valence-electron chi connectivity index (χ0n) is 18.3. The fourth-order valence-electron chi connectivity index (χ4n) is 3.97. The molecule has 2 aromatic heterocycles. The predicted molar refractivity (Wildman–Crippen MR) is 120 cm³/mol. The van der Waals surface area contributed by atoms with Crippen LogP contribution in [0.5, 0.6) is 0 Å². The summed E-state index contributed by atoms with van der Waals surface area (Å²) in [5.41, 5.74) is 3.22. The number of piperidine rings is 1. The third kappa shape index (κ3) is 4.43. The number of carbonyl (C=O) groups is 1. The number of carbonyl (C=O) groups excluding carboxylic acids is 1. The van der Waals surface area contributed by atoms with Gasteiger partial charge >= 0.3 is 0 Å². The number of nitrogens with one attached hydrogen (secondary N) is 1. The average molecular weight is 435 g/mol. The molecular formula is C22H25N7O3. The van der Waals surface area contributed by atoms with Gasteiger partial charge in [-0.15, -0.1) is 10.2 Å². The fraction of sp³-hybridized carbons (Fsp3) is 0.364. The van der Waals surface area contributed by atoms with E-state index in [1.165, 1.54) is 12.1 Å². The molecule has 3 aromatic rings. The van der Waals surface area contributed by atoms with E-state index in [-0.39, 0.29) is 17.5 Å². The molecule has 10 heteroatoms. The number of aromatic nitrogens is 4. The Morgan fingerprint density at radius 2 is 1.75 bits per heavy atom. The SMILES string of the molecule is Cc1cc(C)n(-c2ccc(N3CCC(C(=O)Nc4ccc([N+](=O)[O-])cc4C)CC3)nn2)n1. The highest BCUT2D eigenvalue weighted by atomic mass is 16.6. The minimum atomic E-state index is -0.443. The van der Waals surface area contributed by atoms with Gasteiger partial charge in [0.05, 0.1) is 10.6 Å². The summed E-state index contributed by atoms with van der Waals surface area (Å²) in [4.78, 5) is 25.3. The van der Waals surface area contributed by atoms with E-state index in [9.17, 15) is 14.9 Å². The summed E-state index contributed by atoms with van der Waals surface area (Å²) in [7, 11) is 0. The van der Waals surface area contributed by atoms with E-state index in [2.05, 4.69) is 25.5 Å². The minimum absolute atomic E-state index is 0.0128. The van der Waals surface area contributed by atoms with Crippen LogP contribution in [0.2, 0.25) is 0 Å². The third-order valence-corrected chi connectivity index (χ3v) is 5.73. The summed E-state index contributed by atoms with van der Waals surface area (Å²) in [6.45, 7) is 7.06. The fourth-order valence-corrected chi connectivity index (χ4v) is 3.97. The molecule has 10 nitrogen and oxygen atoms in total. The van der Waals surface area contributed by atoms with Gasteiger partial charge < -0.3 is 10.2 Å². The van der Waals surface area contributed by atoms with Crippen LogP contribution < -0.4 is 10.2 Å². The summed E-state index contributed by atoms with van der Waals surface area (Å²) in [6.07, 6.45) is 1.39. The standard InChI is InChI=1S/C22H25N7O3/c1-14-12-18(29(31)32)4-5-19(14)23-22(30)17-8-10-27(11-9-17)20-6-7-21(25-24-20)28-16(3)13-15(2)26-28/h4-7,12-13,17H,8-11H2,1-3H3,(H,23,30). The van der Waals surface area contributed by atoms with Crippen molar-refractivity contribution in [1.29, 1.82) is 0 Å². The maximum Gasteiger partial charge on any atom is 0.269 e. The number of aryl methyl sites for hydroxylation is 3. The summed E-state index contributed by atoms with van der Waals surface area (Å²) in [5, 5.41) is 26.9. The lowest BCUT2D eigenvalue weighted by Crippen LogP contribution is -2.38. The second-order valence-corrected chi connectivity index (χ2v) is 8.10. The molecule has 0 unspecified atom stereocenters. The van der Waals surface area contributed by atoms with Gasteiger partial charge in [0, 0.05) is 42.5 Å². The molecule has 0 bridgehead atoms. The molecule has 0 saturated carbocycles. The van der Waals surface area contributed by atoms with Crippen molar-refractivity contribution in [2.24, 2.45) is 5.92 Å². The summed E-state index contributed by atoms with van der Waals surface area (Å²) in [5.74, 6) is 1.27. The number of nitrogens with zero attached hydrogens (tertiary/aromatic N) is 6. The largest absolute Gasteiger partial charge is 0.355 e. The van der Waals surface area contributed by atoms with Gasteiger partial charge in [0.25, 0.3) is 5.69 Å². The van der Waals surface area contributed by atoms with Gasteiger partial charge in [0.2, 0.25) is 5.91 Å². The van der Waals surface area contributed by atoms with Crippen LogP contribution in [-0.2, 0) is 4.79 Å². The van der Waals surface area contributed by atoms with E-state index in [0.29, 0.717) is 43.0 Å². The summed E-state index contributed by atoms with van der Waals surface area (Å²) in [6, 6.07) is 10.3. The van der Waals surface area contributed by atoms with Gasteiger partial charge in [0.15, 0.2) is 11.6 Å². The molecule has 1 aromatic carbocycles. The molecule has 1 aliphatic heterocycles. The van der Waals surface area contributed by atoms with Gasteiger partial charge in [-0.25, -0.2) is 4.68 Å². The van der Waals surface area contributed by atoms with Crippen molar-refractivity contribution in [1.82, 2.24) is 20.0 Å². The van der Waals surface area contributed by atoms with Gasteiger partial charge in [-0.05, 0) is 63.4 Å². The Balaban J connectivity index is 1.35. The highest BCUT2D eigenvalue weighted by Gasteiger charge is 2.26. The number of hydrogen-bond donors (Lipinski definition) is 1. The first-order valence-electron chi connectivity index (χ1n) is 10.5. The maximum atomic E-state index is 12.7. The molecule has 3 heterocycles. The molecule has 0 aliphatic carbocycles. The van der Waals surface area contributed by atoms with Crippen molar-refractivity contribution in [3.05, 3.63) is 63.5 Å². The van der Waals surface area contributed by atoms with Crippen LogP contribution in [0.3, 0.4) is 0 Å². The molecule has 1 amide bonds. The molecule has 0 radical (unpaired) electrons. The van der Waals surface area contributed by atoms with Gasteiger partial charge in [0.1, 0.15) is 0 Å². The van der Waals surface area contributed by atoms with Gasteiger partial charge in [-0.1, -0.05) is 0 Å². The topological polar surface area (TPSA) is 119 Å². The molecular weight excluding hydrogens is 410 g/mol. The molecule has 166 valence electrons. The summed E-state index contributed by atoms with van der Waals surface area (Å²) >= 11 is 0. The molecule has 1 aliphatic rings. The molecule has 4 rings (SSSR count). The molecule has 0 atom stereocenters. The molecule has 1 saturated heterocycles. The monoisotopic (exact) mass is 435 g/mol. The smallest absolute Gasteiger partial charge is 0.269 e. The Bertz CT molecular complexity index is 1150. The Morgan fingerprint density at radius 1 is 1.06 bits per heavy atom. The molecule has 0 spiro atoms. The van der Waals surface area contributed by atoms with E-state index < -0.39 is 4.92 Å². The Labute approximate surface area is 185 Å². The number of rotatable bonds is 5. The first kappa shape index (κ1) is 21.4. The molecule has 1 N–H and O–H groups in total. The quantitative estimate of drug-likeness (QED) is 0.482. The van der Waals surface area contributed by atoms with Crippen LogP contribution >= 0.6 is 0 Å². The highest BCUT2D eigenvalue weighted by Crippen LogP contribution is 2.26. The van der Waals surface area contributed by atoms with Crippen LogP contribution in [-0.4, -0.2) is 43.9 Å². The lowest BCUT2D eigenvalue weighted by Gasteiger charge is -2.31. The number of amides is 1. The predicted octanol–water partition coefficient (Wildman–Crippen LogP) is 3.35. The van der Waals surface area contributed by atoms with Gasteiger partial charge in [-0.3, -0.25) is 14.9 Å². The second-order valence-electron chi connectivity index (χ2n) is 8.10. The van der Waals surface area contributed by atoms with Crippen LogP contribution in [0.25, 0.3) is 5.82 Å².